The van der Waals surface area contributed by atoms with Gasteiger partial charge in [0.15, 0.2) is 0 Å². The van der Waals surface area contributed by atoms with Gasteiger partial charge in [-0.05, 0) is 6.92 Å². The van der Waals surface area contributed by atoms with Crippen LogP contribution in [0, 0.1) is 0 Å². The van der Waals surface area contributed by atoms with Crippen LogP contribution in [0.4, 0.5) is 0 Å². The van der Waals surface area contributed by atoms with E-state index in [1.54, 1.807) is 6.26 Å². The zero-order chi connectivity index (χ0) is 13.0. The van der Waals surface area contributed by atoms with Crippen LogP contribution in [0.2, 0.25) is 0 Å². The molecule has 1 amide bonds. The van der Waals surface area contributed by atoms with Gasteiger partial charge < -0.3 is 15.2 Å². The number of amides is 1. The smallest absolute Gasteiger partial charge is 0.224 e. The van der Waals surface area contributed by atoms with Crippen molar-refractivity contribution in [3.63, 3.8) is 0 Å². The SMILES string of the molecule is CC(N)CC(=O)N1CCN(Cc2ccon2)CC1. The first kappa shape index (κ1) is 13.0. The zero-order valence-electron chi connectivity index (χ0n) is 10.7. The molecule has 0 spiro atoms. The maximum Gasteiger partial charge on any atom is 0.224 e. The first-order valence-corrected chi connectivity index (χ1v) is 6.30. The lowest BCUT2D eigenvalue weighted by molar-refractivity contribution is -0.133. The van der Waals surface area contributed by atoms with Gasteiger partial charge in [-0.25, -0.2) is 0 Å². The van der Waals surface area contributed by atoms with Gasteiger partial charge in [-0.1, -0.05) is 5.16 Å². The maximum absolute atomic E-state index is 11.8. The zero-order valence-corrected chi connectivity index (χ0v) is 10.7. The molecular formula is C12H20N4O2. The van der Waals surface area contributed by atoms with Gasteiger partial charge in [-0.3, -0.25) is 9.69 Å². The second-order valence-corrected chi connectivity index (χ2v) is 4.83. The first-order chi connectivity index (χ1) is 8.65. The van der Waals surface area contributed by atoms with Crippen molar-refractivity contribution in [2.75, 3.05) is 26.2 Å². The Morgan fingerprint density at radius 3 is 2.78 bits per heavy atom. The van der Waals surface area contributed by atoms with Gasteiger partial charge in [0, 0.05) is 51.3 Å². The highest BCUT2D eigenvalue weighted by molar-refractivity contribution is 5.76. The monoisotopic (exact) mass is 252 g/mol. The van der Waals surface area contributed by atoms with E-state index in [9.17, 15) is 4.79 Å². The molecule has 0 bridgehead atoms. The molecule has 1 atom stereocenters. The van der Waals surface area contributed by atoms with E-state index in [1.165, 1.54) is 0 Å². The summed E-state index contributed by atoms with van der Waals surface area (Å²) >= 11 is 0. The third-order valence-electron chi connectivity index (χ3n) is 3.10. The number of hydrogen-bond donors (Lipinski definition) is 1. The lowest BCUT2D eigenvalue weighted by Crippen LogP contribution is -2.49. The molecule has 100 valence electrons. The van der Waals surface area contributed by atoms with Gasteiger partial charge in [0.1, 0.15) is 6.26 Å². The number of nitrogens with two attached hydrogens (primary N) is 1. The Labute approximate surface area is 107 Å². The van der Waals surface area contributed by atoms with Crippen LogP contribution in [0.15, 0.2) is 16.9 Å². The summed E-state index contributed by atoms with van der Waals surface area (Å²) < 4.78 is 4.80. The summed E-state index contributed by atoms with van der Waals surface area (Å²) in [5.41, 5.74) is 6.58. The van der Waals surface area contributed by atoms with Crippen LogP contribution in [0.25, 0.3) is 0 Å². The van der Waals surface area contributed by atoms with E-state index < -0.39 is 0 Å². The molecular weight excluding hydrogens is 232 g/mol. The molecule has 1 saturated heterocycles. The van der Waals surface area contributed by atoms with Crippen LogP contribution in [-0.4, -0.2) is 53.1 Å². The highest BCUT2D eigenvalue weighted by Gasteiger charge is 2.21. The lowest BCUT2D eigenvalue weighted by Gasteiger charge is -2.34. The fourth-order valence-corrected chi connectivity index (χ4v) is 2.11. The van der Waals surface area contributed by atoms with Gasteiger partial charge in [-0.2, -0.15) is 0 Å². The average Bonchev–Trinajstić information content (AvgIpc) is 2.82. The van der Waals surface area contributed by atoms with Crippen LogP contribution in [0.1, 0.15) is 19.0 Å². The number of carbonyl (C=O) groups excluding carboxylic acids is 1. The topological polar surface area (TPSA) is 75.6 Å². The largest absolute Gasteiger partial charge is 0.364 e. The molecule has 1 fully saturated rings. The van der Waals surface area contributed by atoms with Gasteiger partial charge in [0.2, 0.25) is 5.91 Å². The Kier molecular flexibility index (Phi) is 4.33. The Morgan fingerprint density at radius 1 is 1.50 bits per heavy atom. The molecule has 2 heterocycles. The highest BCUT2D eigenvalue weighted by atomic mass is 16.5. The second kappa shape index (κ2) is 5.97. The molecule has 1 unspecified atom stereocenters. The van der Waals surface area contributed by atoms with Gasteiger partial charge in [0.05, 0.1) is 5.69 Å². The lowest BCUT2D eigenvalue weighted by atomic mass is 10.2. The number of carbonyl (C=O) groups is 1. The van der Waals surface area contributed by atoms with Gasteiger partial charge in [-0.15, -0.1) is 0 Å². The quantitative estimate of drug-likeness (QED) is 0.820. The van der Waals surface area contributed by atoms with Crippen molar-refractivity contribution in [3.8, 4) is 0 Å². The molecule has 0 radical (unpaired) electrons. The minimum Gasteiger partial charge on any atom is -0.364 e. The first-order valence-electron chi connectivity index (χ1n) is 6.30. The summed E-state index contributed by atoms with van der Waals surface area (Å²) in [6.45, 7) is 5.92. The summed E-state index contributed by atoms with van der Waals surface area (Å²) in [6.07, 6.45) is 2.01. The van der Waals surface area contributed by atoms with Crippen LogP contribution in [-0.2, 0) is 11.3 Å². The van der Waals surface area contributed by atoms with Crippen molar-refractivity contribution in [2.45, 2.75) is 25.9 Å². The van der Waals surface area contributed by atoms with Crippen molar-refractivity contribution in [2.24, 2.45) is 5.73 Å². The number of piperazine rings is 1. The minimum absolute atomic E-state index is 0.0642. The molecule has 1 aromatic heterocycles. The van der Waals surface area contributed by atoms with E-state index in [4.69, 9.17) is 10.3 Å². The fraction of sp³-hybridized carbons (Fsp3) is 0.667. The number of aromatic nitrogens is 1. The van der Waals surface area contributed by atoms with Crippen molar-refractivity contribution in [1.82, 2.24) is 15.0 Å². The molecule has 0 aliphatic carbocycles. The van der Waals surface area contributed by atoms with E-state index in [-0.39, 0.29) is 11.9 Å². The van der Waals surface area contributed by atoms with Crippen molar-refractivity contribution in [3.05, 3.63) is 18.0 Å². The summed E-state index contributed by atoms with van der Waals surface area (Å²) in [5.74, 6) is 0.158. The molecule has 1 aromatic rings. The number of rotatable bonds is 4. The van der Waals surface area contributed by atoms with E-state index in [0.717, 1.165) is 38.4 Å². The summed E-state index contributed by atoms with van der Waals surface area (Å²) in [7, 11) is 0. The molecule has 0 aromatic carbocycles. The third kappa shape index (κ3) is 3.54. The molecule has 1 aliphatic heterocycles. The predicted octanol–water partition coefficient (Wildman–Crippen LogP) is 0.0561. The van der Waals surface area contributed by atoms with E-state index >= 15 is 0 Å². The van der Waals surface area contributed by atoms with Crippen molar-refractivity contribution in [1.29, 1.82) is 0 Å². The maximum atomic E-state index is 11.8. The number of hydrogen-bond acceptors (Lipinski definition) is 5. The van der Waals surface area contributed by atoms with Crippen LogP contribution in [0.3, 0.4) is 0 Å². The average molecular weight is 252 g/mol. The van der Waals surface area contributed by atoms with Gasteiger partial charge in [0.25, 0.3) is 0 Å². The Morgan fingerprint density at radius 2 is 2.22 bits per heavy atom. The molecule has 6 nitrogen and oxygen atoms in total. The molecule has 1 aliphatic rings. The summed E-state index contributed by atoms with van der Waals surface area (Å²) in [4.78, 5) is 16.0. The molecule has 0 saturated carbocycles. The molecule has 18 heavy (non-hydrogen) atoms. The minimum atomic E-state index is -0.0642. The van der Waals surface area contributed by atoms with Crippen LogP contribution < -0.4 is 5.73 Å². The van der Waals surface area contributed by atoms with Crippen molar-refractivity contribution >= 4 is 5.91 Å². The molecule has 6 heteroatoms. The molecule has 2 rings (SSSR count). The standard InChI is InChI=1S/C12H20N4O2/c1-10(13)8-12(17)16-5-3-15(4-6-16)9-11-2-7-18-14-11/h2,7,10H,3-6,8-9,13H2,1H3. The highest BCUT2D eigenvalue weighted by Crippen LogP contribution is 2.08. The van der Waals surface area contributed by atoms with E-state index in [0.29, 0.717) is 6.42 Å². The van der Waals surface area contributed by atoms with Crippen molar-refractivity contribution < 1.29 is 9.32 Å². The summed E-state index contributed by atoms with van der Waals surface area (Å²) in [6, 6.07) is 1.80. The Bertz CT molecular complexity index is 369. The van der Waals surface area contributed by atoms with E-state index in [2.05, 4.69) is 10.1 Å². The normalized spacial score (nSPS) is 18.9. The third-order valence-corrected chi connectivity index (χ3v) is 3.10. The molecule has 2 N–H and O–H groups in total. The second-order valence-electron chi connectivity index (χ2n) is 4.83. The Hall–Kier alpha value is -1.40. The van der Waals surface area contributed by atoms with E-state index in [1.807, 2.05) is 17.9 Å². The fourth-order valence-electron chi connectivity index (χ4n) is 2.11. The van der Waals surface area contributed by atoms with Crippen LogP contribution >= 0.6 is 0 Å². The predicted molar refractivity (Wildman–Crippen MR) is 66.6 cm³/mol. The Balaban J connectivity index is 1.76. The number of nitrogens with zero attached hydrogens (tertiary/aromatic N) is 3. The van der Waals surface area contributed by atoms with Gasteiger partial charge >= 0.3 is 0 Å². The van der Waals surface area contributed by atoms with Crippen LogP contribution in [0.5, 0.6) is 0 Å². The summed E-state index contributed by atoms with van der Waals surface area (Å²) in [5, 5.41) is 3.89.